The Morgan fingerprint density at radius 1 is 1.17 bits per heavy atom. The molecule has 0 aliphatic carbocycles. The number of methoxy groups -OCH3 is 2. The molecule has 1 aromatic heterocycles. The van der Waals surface area contributed by atoms with E-state index in [0.29, 0.717) is 28.5 Å². The number of sulfonamides is 1. The Bertz CT molecular complexity index is 1170. The molecule has 10 heteroatoms. The first-order chi connectivity index (χ1) is 13.8. The first-order valence-electron chi connectivity index (χ1n) is 8.73. The molecular weight excluding hydrogens is 414 g/mol. The molecule has 29 heavy (non-hydrogen) atoms. The van der Waals surface area contributed by atoms with Crippen molar-refractivity contribution in [2.24, 2.45) is 0 Å². The minimum atomic E-state index is -3.93. The van der Waals surface area contributed by atoms with Crippen LogP contribution in [0.1, 0.15) is 18.9 Å². The Hall–Kier alpha value is -2.85. The van der Waals surface area contributed by atoms with Crippen LogP contribution in [-0.4, -0.2) is 33.5 Å². The topological polar surface area (TPSA) is 107 Å². The number of ether oxygens (including phenoxy) is 2. The Labute approximate surface area is 172 Å². The normalized spacial score (nSPS) is 11.3. The van der Waals surface area contributed by atoms with Crippen LogP contribution in [0.15, 0.2) is 35.2 Å². The Balaban J connectivity index is 1.98. The predicted molar refractivity (Wildman–Crippen MR) is 114 cm³/mol. The van der Waals surface area contributed by atoms with Crippen molar-refractivity contribution in [3.05, 3.63) is 35.9 Å². The monoisotopic (exact) mass is 435 g/mol. The highest BCUT2D eigenvalue weighted by molar-refractivity contribution is 7.92. The number of hydrogen-bond acceptors (Lipinski definition) is 7. The molecule has 3 aromatic rings. The molecule has 0 atom stereocenters. The summed E-state index contributed by atoms with van der Waals surface area (Å²) in [6, 6.07) is 7.94. The molecule has 0 unspecified atom stereocenters. The second-order valence-electron chi connectivity index (χ2n) is 6.18. The van der Waals surface area contributed by atoms with Crippen molar-refractivity contribution in [3.63, 3.8) is 0 Å². The lowest BCUT2D eigenvalue weighted by Gasteiger charge is -2.13. The Morgan fingerprint density at radius 2 is 1.93 bits per heavy atom. The lowest BCUT2D eigenvalue weighted by molar-refractivity contribution is -0.115. The van der Waals surface area contributed by atoms with E-state index in [-0.39, 0.29) is 16.6 Å². The van der Waals surface area contributed by atoms with Crippen LogP contribution in [0.4, 0.5) is 10.8 Å². The summed E-state index contributed by atoms with van der Waals surface area (Å²) < 4.78 is 39.6. The summed E-state index contributed by atoms with van der Waals surface area (Å²) in [5.41, 5.74) is 1.88. The van der Waals surface area contributed by atoms with Crippen LogP contribution in [0.2, 0.25) is 0 Å². The molecule has 2 N–H and O–H groups in total. The summed E-state index contributed by atoms with van der Waals surface area (Å²) in [6.07, 6.45) is 0.350. The minimum absolute atomic E-state index is 0.0303. The maximum absolute atomic E-state index is 13.0. The van der Waals surface area contributed by atoms with Crippen LogP contribution < -0.4 is 19.5 Å². The number of carbonyl (C=O) groups is 1. The number of aromatic nitrogens is 1. The van der Waals surface area contributed by atoms with E-state index >= 15 is 0 Å². The van der Waals surface area contributed by atoms with Crippen molar-refractivity contribution in [3.8, 4) is 11.5 Å². The molecule has 2 aromatic carbocycles. The first-order valence-corrected chi connectivity index (χ1v) is 11.0. The second-order valence-corrected chi connectivity index (χ2v) is 8.86. The van der Waals surface area contributed by atoms with E-state index in [9.17, 15) is 13.2 Å². The van der Waals surface area contributed by atoms with Gasteiger partial charge in [-0.3, -0.25) is 9.52 Å². The van der Waals surface area contributed by atoms with Gasteiger partial charge in [0.1, 0.15) is 16.4 Å². The third-order valence-electron chi connectivity index (χ3n) is 4.17. The van der Waals surface area contributed by atoms with Gasteiger partial charge in [-0.2, -0.15) is 0 Å². The summed E-state index contributed by atoms with van der Waals surface area (Å²) in [6.45, 7) is 3.59. The van der Waals surface area contributed by atoms with Gasteiger partial charge in [0.15, 0.2) is 5.13 Å². The molecule has 0 spiro atoms. The van der Waals surface area contributed by atoms with Gasteiger partial charge in [-0.25, -0.2) is 13.4 Å². The third kappa shape index (κ3) is 4.43. The number of anilines is 2. The fraction of sp³-hybridized carbons (Fsp3) is 0.263. The quantitative estimate of drug-likeness (QED) is 0.585. The molecule has 0 fully saturated rings. The fourth-order valence-electron chi connectivity index (χ4n) is 2.72. The summed E-state index contributed by atoms with van der Waals surface area (Å²) in [7, 11) is -1.07. The van der Waals surface area contributed by atoms with Crippen LogP contribution in [-0.2, 0) is 14.8 Å². The van der Waals surface area contributed by atoms with Crippen LogP contribution in [0, 0.1) is 6.92 Å². The number of benzene rings is 2. The Morgan fingerprint density at radius 3 is 2.59 bits per heavy atom. The molecule has 0 radical (unpaired) electrons. The van der Waals surface area contributed by atoms with E-state index in [2.05, 4.69) is 15.0 Å². The molecule has 3 rings (SSSR count). The molecule has 0 aliphatic heterocycles. The van der Waals surface area contributed by atoms with Crippen LogP contribution in [0.25, 0.3) is 10.2 Å². The maximum atomic E-state index is 13.0. The lowest BCUT2D eigenvalue weighted by Crippen LogP contribution is -2.14. The predicted octanol–water partition coefficient (Wildman–Crippen LogP) is 3.77. The SMILES string of the molecule is CCC(=O)Nc1nc2c(C)cc(NS(=O)(=O)c3cc(OC)ccc3OC)cc2s1. The largest absolute Gasteiger partial charge is 0.497 e. The van der Waals surface area contributed by atoms with Crippen molar-refractivity contribution in [2.45, 2.75) is 25.2 Å². The molecule has 0 saturated carbocycles. The van der Waals surface area contributed by atoms with E-state index in [0.717, 1.165) is 10.3 Å². The van der Waals surface area contributed by atoms with Gasteiger partial charge < -0.3 is 14.8 Å². The number of nitrogens with one attached hydrogen (secondary N) is 2. The van der Waals surface area contributed by atoms with E-state index < -0.39 is 10.0 Å². The average molecular weight is 436 g/mol. The zero-order chi connectivity index (χ0) is 21.2. The van der Waals surface area contributed by atoms with Crippen molar-refractivity contribution >= 4 is 48.3 Å². The number of hydrogen-bond donors (Lipinski definition) is 2. The van der Waals surface area contributed by atoms with Gasteiger partial charge in [0.05, 0.1) is 30.1 Å². The van der Waals surface area contributed by atoms with Crippen LogP contribution >= 0.6 is 11.3 Å². The van der Waals surface area contributed by atoms with E-state index in [1.807, 2.05) is 6.92 Å². The maximum Gasteiger partial charge on any atom is 0.265 e. The summed E-state index contributed by atoms with van der Waals surface area (Å²) >= 11 is 1.28. The molecule has 0 saturated heterocycles. The molecular formula is C19H21N3O5S2. The third-order valence-corrected chi connectivity index (χ3v) is 6.49. The standard InChI is InChI=1S/C19H21N3O5S2/c1-5-17(23)20-19-21-18-11(2)8-12(9-15(18)28-19)22-29(24,25)16-10-13(26-3)6-7-14(16)27-4/h6-10,22H,5H2,1-4H3,(H,20,21,23). The summed E-state index contributed by atoms with van der Waals surface area (Å²) in [5, 5.41) is 3.21. The summed E-state index contributed by atoms with van der Waals surface area (Å²) in [4.78, 5) is 16.0. The first kappa shape index (κ1) is 20.9. The highest BCUT2D eigenvalue weighted by atomic mass is 32.2. The van der Waals surface area contributed by atoms with Gasteiger partial charge in [0.25, 0.3) is 10.0 Å². The molecule has 0 bridgehead atoms. The zero-order valence-corrected chi connectivity index (χ0v) is 18.0. The van der Waals surface area contributed by atoms with E-state index in [1.165, 1.54) is 37.7 Å². The van der Waals surface area contributed by atoms with Gasteiger partial charge in [0, 0.05) is 12.5 Å². The van der Waals surface area contributed by atoms with Gasteiger partial charge in [-0.05, 0) is 36.8 Å². The van der Waals surface area contributed by atoms with Gasteiger partial charge in [0.2, 0.25) is 5.91 Å². The number of fused-ring (bicyclic) bond motifs is 1. The van der Waals surface area contributed by atoms with Crippen molar-refractivity contribution < 1.29 is 22.7 Å². The highest BCUT2D eigenvalue weighted by Crippen LogP contribution is 2.34. The van der Waals surface area contributed by atoms with Gasteiger partial charge >= 0.3 is 0 Å². The number of carbonyl (C=O) groups excluding carboxylic acids is 1. The number of amides is 1. The summed E-state index contributed by atoms with van der Waals surface area (Å²) in [5.74, 6) is 0.475. The van der Waals surface area contributed by atoms with Crippen LogP contribution in [0.5, 0.6) is 11.5 Å². The van der Waals surface area contributed by atoms with Crippen molar-refractivity contribution in [1.29, 1.82) is 0 Å². The number of nitrogens with zero attached hydrogens (tertiary/aromatic N) is 1. The lowest BCUT2D eigenvalue weighted by atomic mass is 10.2. The Kier molecular flexibility index (Phi) is 5.94. The smallest absolute Gasteiger partial charge is 0.265 e. The number of thiazole rings is 1. The second kappa shape index (κ2) is 8.26. The number of rotatable bonds is 7. The molecule has 0 aliphatic rings. The van der Waals surface area contributed by atoms with E-state index in [1.54, 1.807) is 25.1 Å². The van der Waals surface area contributed by atoms with Gasteiger partial charge in [-0.1, -0.05) is 18.3 Å². The number of aryl methyl sites for hydroxylation is 1. The fourth-order valence-corrected chi connectivity index (χ4v) is 4.95. The molecule has 8 nitrogen and oxygen atoms in total. The average Bonchev–Trinajstić information content (AvgIpc) is 3.09. The van der Waals surface area contributed by atoms with Gasteiger partial charge in [-0.15, -0.1) is 0 Å². The van der Waals surface area contributed by atoms with Crippen molar-refractivity contribution in [1.82, 2.24) is 4.98 Å². The molecule has 1 heterocycles. The zero-order valence-electron chi connectivity index (χ0n) is 16.4. The molecule has 154 valence electrons. The van der Waals surface area contributed by atoms with Crippen LogP contribution in [0.3, 0.4) is 0 Å². The highest BCUT2D eigenvalue weighted by Gasteiger charge is 2.21. The minimum Gasteiger partial charge on any atom is -0.497 e. The molecule has 1 amide bonds. The van der Waals surface area contributed by atoms with Crippen molar-refractivity contribution in [2.75, 3.05) is 24.3 Å². The van der Waals surface area contributed by atoms with E-state index in [4.69, 9.17) is 9.47 Å².